The number of nitrogens with zero attached hydrogens (tertiary/aromatic N) is 2. The number of furan rings is 1. The summed E-state index contributed by atoms with van der Waals surface area (Å²) < 4.78 is 10.7. The largest absolute Gasteiger partial charge is 0.468 e. The fourth-order valence-electron chi connectivity index (χ4n) is 4.20. The molecule has 0 aliphatic carbocycles. The van der Waals surface area contributed by atoms with Gasteiger partial charge in [0.15, 0.2) is 0 Å². The SMILES string of the molecule is COCCN1C(=O)C2(CCN(Cc3ccco3)CC2)c2ccccc21. The molecule has 25 heavy (non-hydrogen) atoms. The van der Waals surface area contributed by atoms with Crippen molar-refractivity contribution >= 4 is 11.6 Å². The summed E-state index contributed by atoms with van der Waals surface area (Å²) in [5.74, 6) is 1.22. The molecule has 5 nitrogen and oxygen atoms in total. The van der Waals surface area contributed by atoms with Gasteiger partial charge >= 0.3 is 0 Å². The minimum Gasteiger partial charge on any atom is -0.468 e. The molecule has 132 valence electrons. The monoisotopic (exact) mass is 340 g/mol. The van der Waals surface area contributed by atoms with Gasteiger partial charge < -0.3 is 14.1 Å². The molecule has 0 bridgehead atoms. The molecule has 1 aromatic heterocycles. The van der Waals surface area contributed by atoms with Crippen LogP contribution in [-0.4, -0.2) is 44.2 Å². The molecule has 0 atom stereocenters. The van der Waals surface area contributed by atoms with Crippen molar-refractivity contribution in [2.75, 3.05) is 38.3 Å². The fourth-order valence-corrected chi connectivity index (χ4v) is 4.20. The molecule has 1 spiro atoms. The number of rotatable bonds is 5. The van der Waals surface area contributed by atoms with Crippen LogP contribution in [0.2, 0.25) is 0 Å². The topological polar surface area (TPSA) is 45.9 Å². The number of carbonyl (C=O) groups is 1. The first-order valence-corrected chi connectivity index (χ1v) is 8.90. The van der Waals surface area contributed by atoms with Gasteiger partial charge in [-0.25, -0.2) is 0 Å². The first-order chi connectivity index (χ1) is 12.2. The van der Waals surface area contributed by atoms with Crippen LogP contribution in [0.3, 0.4) is 0 Å². The summed E-state index contributed by atoms with van der Waals surface area (Å²) in [6, 6.07) is 12.2. The highest BCUT2D eigenvalue weighted by molar-refractivity contribution is 6.08. The van der Waals surface area contributed by atoms with Crippen molar-refractivity contribution in [3.63, 3.8) is 0 Å². The van der Waals surface area contributed by atoms with Gasteiger partial charge in [-0.3, -0.25) is 9.69 Å². The fraction of sp³-hybridized carbons (Fsp3) is 0.450. The first kappa shape index (κ1) is 16.4. The molecular formula is C20H24N2O3. The highest BCUT2D eigenvalue weighted by atomic mass is 16.5. The van der Waals surface area contributed by atoms with Crippen molar-refractivity contribution < 1.29 is 13.9 Å². The summed E-state index contributed by atoms with van der Waals surface area (Å²) in [5, 5.41) is 0. The van der Waals surface area contributed by atoms with E-state index in [0.29, 0.717) is 13.2 Å². The van der Waals surface area contributed by atoms with Gasteiger partial charge in [-0.15, -0.1) is 0 Å². The van der Waals surface area contributed by atoms with Crippen molar-refractivity contribution in [2.24, 2.45) is 0 Å². The van der Waals surface area contributed by atoms with Gasteiger partial charge in [0, 0.05) is 19.3 Å². The van der Waals surface area contributed by atoms with E-state index in [1.54, 1.807) is 13.4 Å². The summed E-state index contributed by atoms with van der Waals surface area (Å²) >= 11 is 0. The van der Waals surface area contributed by atoms with E-state index in [0.717, 1.165) is 43.9 Å². The number of piperidine rings is 1. The van der Waals surface area contributed by atoms with Gasteiger partial charge in [-0.05, 0) is 49.7 Å². The summed E-state index contributed by atoms with van der Waals surface area (Å²) in [6.07, 6.45) is 3.42. The maximum absolute atomic E-state index is 13.3. The Balaban J connectivity index is 1.54. The third-order valence-corrected chi connectivity index (χ3v) is 5.55. The summed E-state index contributed by atoms with van der Waals surface area (Å²) in [7, 11) is 1.68. The number of ether oxygens (including phenoxy) is 1. The highest BCUT2D eigenvalue weighted by Crippen LogP contribution is 2.47. The lowest BCUT2D eigenvalue weighted by molar-refractivity contribution is -0.125. The Kier molecular flexibility index (Phi) is 4.36. The molecule has 1 saturated heterocycles. The van der Waals surface area contributed by atoms with Gasteiger partial charge in [-0.1, -0.05) is 18.2 Å². The van der Waals surface area contributed by atoms with Crippen LogP contribution in [0.5, 0.6) is 0 Å². The third kappa shape index (κ3) is 2.77. The van der Waals surface area contributed by atoms with Crippen molar-refractivity contribution in [1.82, 2.24) is 4.90 Å². The van der Waals surface area contributed by atoms with Crippen LogP contribution in [0, 0.1) is 0 Å². The number of methoxy groups -OCH3 is 1. The van der Waals surface area contributed by atoms with E-state index >= 15 is 0 Å². The number of fused-ring (bicyclic) bond motifs is 2. The smallest absolute Gasteiger partial charge is 0.237 e. The molecule has 4 rings (SSSR count). The molecule has 2 aromatic rings. The van der Waals surface area contributed by atoms with Crippen LogP contribution >= 0.6 is 0 Å². The third-order valence-electron chi connectivity index (χ3n) is 5.55. The molecular weight excluding hydrogens is 316 g/mol. The summed E-state index contributed by atoms with van der Waals surface area (Å²) in [5.41, 5.74) is 1.88. The lowest BCUT2D eigenvalue weighted by Crippen LogP contribution is -2.48. The standard InChI is InChI=1S/C20H24N2O3/c1-24-14-12-22-18-7-3-2-6-17(18)20(19(22)23)8-10-21(11-9-20)15-16-5-4-13-25-16/h2-7,13H,8-12,14-15H2,1H3. The molecule has 0 saturated carbocycles. The van der Waals surface area contributed by atoms with E-state index in [1.165, 1.54) is 5.56 Å². The van der Waals surface area contributed by atoms with Gasteiger partial charge in [0.1, 0.15) is 5.76 Å². The van der Waals surface area contributed by atoms with Crippen molar-refractivity contribution in [3.8, 4) is 0 Å². The number of benzene rings is 1. The lowest BCUT2D eigenvalue weighted by atomic mass is 9.73. The Morgan fingerprint density at radius 2 is 1.96 bits per heavy atom. The number of carbonyl (C=O) groups excluding carboxylic acids is 1. The van der Waals surface area contributed by atoms with Crippen LogP contribution in [-0.2, 0) is 21.5 Å². The molecule has 5 heteroatoms. The Hall–Kier alpha value is -2.11. The van der Waals surface area contributed by atoms with E-state index in [-0.39, 0.29) is 11.3 Å². The van der Waals surface area contributed by atoms with Gasteiger partial charge in [0.25, 0.3) is 0 Å². The Morgan fingerprint density at radius 1 is 1.16 bits per heavy atom. The Morgan fingerprint density at radius 3 is 2.68 bits per heavy atom. The zero-order chi connectivity index (χ0) is 17.3. The van der Waals surface area contributed by atoms with Gasteiger partial charge in [0.05, 0.1) is 24.8 Å². The second-order valence-electron chi connectivity index (χ2n) is 6.90. The highest BCUT2D eigenvalue weighted by Gasteiger charge is 2.51. The van der Waals surface area contributed by atoms with Crippen molar-refractivity contribution in [1.29, 1.82) is 0 Å². The van der Waals surface area contributed by atoms with E-state index in [4.69, 9.17) is 9.15 Å². The number of para-hydroxylation sites is 1. The second-order valence-corrected chi connectivity index (χ2v) is 6.90. The number of amides is 1. The predicted molar refractivity (Wildman–Crippen MR) is 95.6 cm³/mol. The van der Waals surface area contributed by atoms with Crippen LogP contribution in [0.1, 0.15) is 24.2 Å². The van der Waals surface area contributed by atoms with Crippen LogP contribution in [0.4, 0.5) is 5.69 Å². The zero-order valence-corrected chi connectivity index (χ0v) is 14.6. The number of likely N-dealkylation sites (tertiary alicyclic amines) is 1. The van der Waals surface area contributed by atoms with E-state index in [9.17, 15) is 4.79 Å². The minimum atomic E-state index is -0.371. The molecule has 1 amide bonds. The van der Waals surface area contributed by atoms with Crippen LogP contribution in [0.25, 0.3) is 0 Å². The average molecular weight is 340 g/mol. The number of anilines is 1. The molecule has 3 heterocycles. The Labute approximate surface area is 148 Å². The Bertz CT molecular complexity index is 733. The van der Waals surface area contributed by atoms with E-state index < -0.39 is 0 Å². The molecule has 2 aliphatic rings. The normalized spacial score (nSPS) is 19.6. The maximum atomic E-state index is 13.3. The molecule has 1 aromatic carbocycles. The van der Waals surface area contributed by atoms with Gasteiger partial charge in [0.2, 0.25) is 5.91 Å². The molecule has 0 N–H and O–H groups in total. The first-order valence-electron chi connectivity index (χ1n) is 8.90. The van der Waals surface area contributed by atoms with Crippen molar-refractivity contribution in [3.05, 3.63) is 54.0 Å². The van der Waals surface area contributed by atoms with Crippen LogP contribution in [0.15, 0.2) is 47.1 Å². The maximum Gasteiger partial charge on any atom is 0.237 e. The molecule has 0 unspecified atom stereocenters. The van der Waals surface area contributed by atoms with Crippen molar-refractivity contribution in [2.45, 2.75) is 24.8 Å². The number of hydrogen-bond acceptors (Lipinski definition) is 4. The summed E-state index contributed by atoms with van der Waals surface area (Å²) in [6.45, 7) is 3.79. The van der Waals surface area contributed by atoms with E-state index in [1.807, 2.05) is 29.2 Å². The van der Waals surface area contributed by atoms with E-state index in [2.05, 4.69) is 17.0 Å². The molecule has 1 fully saturated rings. The lowest BCUT2D eigenvalue weighted by Gasteiger charge is -2.38. The second kappa shape index (κ2) is 6.65. The molecule has 0 radical (unpaired) electrons. The quantitative estimate of drug-likeness (QED) is 0.840. The number of hydrogen-bond donors (Lipinski definition) is 0. The molecule has 2 aliphatic heterocycles. The zero-order valence-electron chi connectivity index (χ0n) is 14.6. The van der Waals surface area contributed by atoms with Gasteiger partial charge in [-0.2, -0.15) is 0 Å². The minimum absolute atomic E-state index is 0.239. The predicted octanol–water partition coefficient (Wildman–Crippen LogP) is 2.81. The summed E-state index contributed by atoms with van der Waals surface area (Å²) in [4.78, 5) is 17.6. The van der Waals surface area contributed by atoms with Crippen LogP contribution < -0.4 is 4.90 Å². The average Bonchev–Trinajstić information content (AvgIpc) is 3.23.